The van der Waals surface area contributed by atoms with Crippen LogP contribution in [0.2, 0.25) is 0 Å². The lowest BCUT2D eigenvalue weighted by atomic mass is 9.69. The van der Waals surface area contributed by atoms with E-state index in [4.69, 9.17) is 5.11 Å². The Balaban J connectivity index is 1.75. The maximum absolute atomic E-state index is 11.7. The molecule has 3 N–H and O–H groups in total. The second kappa shape index (κ2) is 6.26. The van der Waals surface area contributed by atoms with Crippen LogP contribution in [0.1, 0.15) is 24.8 Å². The van der Waals surface area contributed by atoms with Gasteiger partial charge in [0.15, 0.2) is 0 Å². The fourth-order valence-corrected chi connectivity index (χ4v) is 2.43. The standard InChI is InChI=1S/C14H17BrN2O3/c15-11-4-2-10(3-5-11)8-16-13(20)17-9-14(12(18)19)6-1-7-14/h2-5H,1,6-9H2,(H,18,19)(H2,16,17,20). The van der Waals surface area contributed by atoms with E-state index >= 15 is 0 Å². The van der Waals surface area contributed by atoms with Crippen LogP contribution < -0.4 is 10.6 Å². The Morgan fingerprint density at radius 1 is 1.20 bits per heavy atom. The van der Waals surface area contributed by atoms with E-state index < -0.39 is 11.4 Å². The second-order valence-corrected chi connectivity index (χ2v) is 6.02. The third-order valence-electron chi connectivity index (χ3n) is 3.72. The minimum absolute atomic E-state index is 0.189. The van der Waals surface area contributed by atoms with Crippen LogP contribution >= 0.6 is 15.9 Å². The Kier molecular flexibility index (Phi) is 4.65. The highest BCUT2D eigenvalue weighted by Gasteiger charge is 2.44. The van der Waals surface area contributed by atoms with Crippen molar-refractivity contribution in [2.75, 3.05) is 6.54 Å². The van der Waals surface area contributed by atoms with E-state index in [-0.39, 0.29) is 12.6 Å². The number of carbonyl (C=O) groups is 2. The van der Waals surface area contributed by atoms with Gasteiger partial charge in [0, 0.05) is 17.6 Å². The summed E-state index contributed by atoms with van der Waals surface area (Å²) in [5.41, 5.74) is 0.231. The molecule has 108 valence electrons. The molecule has 20 heavy (non-hydrogen) atoms. The summed E-state index contributed by atoms with van der Waals surface area (Å²) in [6.45, 7) is 0.605. The number of carboxylic acid groups (broad SMARTS) is 1. The molecule has 0 saturated heterocycles. The Bertz CT molecular complexity index is 498. The monoisotopic (exact) mass is 340 g/mol. The molecule has 5 nitrogen and oxygen atoms in total. The summed E-state index contributed by atoms with van der Waals surface area (Å²) in [4.78, 5) is 22.8. The third-order valence-corrected chi connectivity index (χ3v) is 4.25. The minimum Gasteiger partial charge on any atom is -0.481 e. The maximum atomic E-state index is 11.7. The van der Waals surface area contributed by atoms with E-state index in [2.05, 4.69) is 26.6 Å². The largest absolute Gasteiger partial charge is 0.481 e. The molecular formula is C14H17BrN2O3. The van der Waals surface area contributed by atoms with Crippen LogP contribution in [0.5, 0.6) is 0 Å². The zero-order valence-electron chi connectivity index (χ0n) is 11.0. The SMILES string of the molecule is O=C(NCc1ccc(Br)cc1)NCC1(C(=O)O)CCC1. The summed E-state index contributed by atoms with van der Waals surface area (Å²) < 4.78 is 0.985. The zero-order chi connectivity index (χ0) is 14.6. The summed E-state index contributed by atoms with van der Waals surface area (Å²) in [6.07, 6.45) is 2.18. The lowest BCUT2D eigenvalue weighted by Gasteiger charge is -2.37. The van der Waals surface area contributed by atoms with Gasteiger partial charge in [0.2, 0.25) is 0 Å². The summed E-state index contributed by atoms with van der Waals surface area (Å²) in [6, 6.07) is 7.30. The number of aliphatic carboxylic acids is 1. The number of benzene rings is 1. The smallest absolute Gasteiger partial charge is 0.315 e. The van der Waals surface area contributed by atoms with E-state index in [0.29, 0.717) is 19.4 Å². The van der Waals surface area contributed by atoms with Crippen molar-refractivity contribution in [3.8, 4) is 0 Å². The van der Waals surface area contributed by atoms with E-state index in [9.17, 15) is 9.59 Å². The summed E-state index contributed by atoms with van der Waals surface area (Å²) >= 11 is 3.34. The Hall–Kier alpha value is -1.56. The van der Waals surface area contributed by atoms with Gasteiger partial charge in [-0.2, -0.15) is 0 Å². The summed E-state index contributed by atoms with van der Waals surface area (Å²) in [5, 5.41) is 14.5. The van der Waals surface area contributed by atoms with Gasteiger partial charge in [0.25, 0.3) is 0 Å². The first kappa shape index (κ1) is 14.8. The number of hydrogen-bond acceptors (Lipinski definition) is 2. The first-order valence-corrected chi connectivity index (χ1v) is 7.31. The lowest BCUT2D eigenvalue weighted by Crippen LogP contribution is -2.49. The van der Waals surface area contributed by atoms with Crippen LogP contribution in [-0.2, 0) is 11.3 Å². The molecule has 1 saturated carbocycles. The minimum atomic E-state index is -0.822. The molecule has 1 aliphatic carbocycles. The highest BCUT2D eigenvalue weighted by atomic mass is 79.9. The second-order valence-electron chi connectivity index (χ2n) is 5.10. The molecule has 1 aromatic rings. The van der Waals surface area contributed by atoms with Gasteiger partial charge in [0.1, 0.15) is 0 Å². The number of nitrogens with one attached hydrogen (secondary N) is 2. The molecule has 0 spiro atoms. The third kappa shape index (κ3) is 3.50. The quantitative estimate of drug-likeness (QED) is 0.770. The average Bonchev–Trinajstić information content (AvgIpc) is 2.36. The van der Waals surface area contributed by atoms with E-state index in [1.54, 1.807) is 0 Å². The van der Waals surface area contributed by atoms with Gasteiger partial charge < -0.3 is 15.7 Å². The lowest BCUT2D eigenvalue weighted by molar-refractivity contribution is -0.153. The molecule has 0 atom stereocenters. The fourth-order valence-electron chi connectivity index (χ4n) is 2.17. The van der Waals surface area contributed by atoms with Gasteiger partial charge in [-0.05, 0) is 30.5 Å². The van der Waals surface area contributed by atoms with Crippen LogP contribution in [0.3, 0.4) is 0 Å². The van der Waals surface area contributed by atoms with Gasteiger partial charge >= 0.3 is 12.0 Å². The summed E-state index contributed by atoms with van der Waals surface area (Å²) in [7, 11) is 0. The number of carbonyl (C=O) groups excluding carboxylic acids is 1. The molecule has 0 radical (unpaired) electrons. The molecule has 2 amide bonds. The van der Waals surface area contributed by atoms with E-state index in [1.165, 1.54) is 0 Å². The summed E-state index contributed by atoms with van der Waals surface area (Å²) in [5.74, 6) is -0.822. The Morgan fingerprint density at radius 3 is 2.35 bits per heavy atom. The molecule has 1 aliphatic rings. The molecule has 1 fully saturated rings. The van der Waals surface area contributed by atoms with Crippen molar-refractivity contribution in [2.24, 2.45) is 5.41 Å². The highest BCUT2D eigenvalue weighted by molar-refractivity contribution is 9.10. The number of carboxylic acids is 1. The first-order valence-electron chi connectivity index (χ1n) is 6.51. The van der Waals surface area contributed by atoms with Crippen LogP contribution in [0.25, 0.3) is 0 Å². The van der Waals surface area contributed by atoms with E-state index in [1.807, 2.05) is 24.3 Å². The van der Waals surface area contributed by atoms with Crippen LogP contribution in [0.15, 0.2) is 28.7 Å². The molecule has 0 unspecified atom stereocenters. The van der Waals surface area contributed by atoms with Crippen LogP contribution in [0, 0.1) is 5.41 Å². The topological polar surface area (TPSA) is 78.4 Å². The van der Waals surface area contributed by atoms with Crippen molar-refractivity contribution >= 4 is 27.9 Å². The number of halogens is 1. The zero-order valence-corrected chi connectivity index (χ0v) is 12.6. The van der Waals surface area contributed by atoms with Crippen LogP contribution in [-0.4, -0.2) is 23.7 Å². The molecule has 6 heteroatoms. The molecule has 2 rings (SSSR count). The molecule has 1 aromatic carbocycles. The number of rotatable bonds is 5. The predicted octanol–water partition coefficient (Wildman–Crippen LogP) is 2.50. The maximum Gasteiger partial charge on any atom is 0.315 e. The molecule has 0 bridgehead atoms. The van der Waals surface area contributed by atoms with Crippen molar-refractivity contribution in [1.29, 1.82) is 0 Å². The number of amides is 2. The van der Waals surface area contributed by atoms with Crippen molar-refractivity contribution in [2.45, 2.75) is 25.8 Å². The Labute approximate surface area is 125 Å². The van der Waals surface area contributed by atoms with Crippen LogP contribution in [0.4, 0.5) is 4.79 Å². The molecular weight excluding hydrogens is 324 g/mol. The molecule has 0 heterocycles. The van der Waals surface area contributed by atoms with Crippen molar-refractivity contribution in [3.63, 3.8) is 0 Å². The van der Waals surface area contributed by atoms with Crippen molar-refractivity contribution < 1.29 is 14.7 Å². The van der Waals surface area contributed by atoms with Crippen molar-refractivity contribution in [1.82, 2.24) is 10.6 Å². The van der Waals surface area contributed by atoms with Gasteiger partial charge in [-0.1, -0.05) is 34.5 Å². The predicted molar refractivity (Wildman–Crippen MR) is 78.3 cm³/mol. The van der Waals surface area contributed by atoms with Gasteiger partial charge in [-0.15, -0.1) is 0 Å². The average molecular weight is 341 g/mol. The molecule has 0 aliphatic heterocycles. The number of hydrogen-bond donors (Lipinski definition) is 3. The van der Waals surface area contributed by atoms with Gasteiger partial charge in [-0.25, -0.2) is 4.79 Å². The Morgan fingerprint density at radius 2 is 1.85 bits per heavy atom. The normalized spacial score (nSPS) is 16.1. The highest BCUT2D eigenvalue weighted by Crippen LogP contribution is 2.40. The number of urea groups is 1. The van der Waals surface area contributed by atoms with Crippen molar-refractivity contribution in [3.05, 3.63) is 34.3 Å². The fraction of sp³-hybridized carbons (Fsp3) is 0.429. The first-order chi connectivity index (χ1) is 9.52. The molecule has 0 aromatic heterocycles. The van der Waals surface area contributed by atoms with Gasteiger partial charge in [0.05, 0.1) is 5.41 Å². The van der Waals surface area contributed by atoms with E-state index in [0.717, 1.165) is 16.5 Å². The van der Waals surface area contributed by atoms with Gasteiger partial charge in [-0.3, -0.25) is 4.79 Å².